The van der Waals surface area contributed by atoms with Gasteiger partial charge in [-0.2, -0.15) is 0 Å². The summed E-state index contributed by atoms with van der Waals surface area (Å²) in [4.78, 5) is 14.9. The molecule has 0 aliphatic carbocycles. The third kappa shape index (κ3) is 2.65. The number of carboxylic acid groups (broad SMARTS) is 1. The van der Waals surface area contributed by atoms with Crippen molar-refractivity contribution < 1.29 is 9.90 Å². The Hall–Kier alpha value is -1.81. The van der Waals surface area contributed by atoms with E-state index in [2.05, 4.69) is 10.3 Å². The average Bonchev–Trinajstić information content (AvgIpc) is 2.26. The minimum absolute atomic E-state index is 0.134. The first kappa shape index (κ1) is 11.7. The quantitative estimate of drug-likeness (QED) is 0.879. The summed E-state index contributed by atoms with van der Waals surface area (Å²) in [7, 11) is 0. The van der Waals surface area contributed by atoms with Gasteiger partial charge in [-0.3, -0.25) is 9.78 Å². The zero-order valence-electron chi connectivity index (χ0n) is 9.20. The third-order valence-electron chi connectivity index (χ3n) is 2.33. The number of hydrogen-bond acceptors (Lipinski definition) is 3. The molecule has 0 fully saturated rings. The van der Waals surface area contributed by atoms with E-state index in [0.29, 0.717) is 5.02 Å². The van der Waals surface area contributed by atoms with Crippen molar-refractivity contribution in [2.75, 3.05) is 11.9 Å². The van der Waals surface area contributed by atoms with Gasteiger partial charge in [-0.25, -0.2) is 0 Å². The van der Waals surface area contributed by atoms with Crippen LogP contribution in [0.25, 0.3) is 10.9 Å². The van der Waals surface area contributed by atoms with Crippen LogP contribution in [-0.2, 0) is 4.79 Å². The maximum Gasteiger partial charge on any atom is 0.322 e. The summed E-state index contributed by atoms with van der Waals surface area (Å²) in [6.07, 6.45) is 0. The van der Waals surface area contributed by atoms with Crippen molar-refractivity contribution in [1.82, 2.24) is 4.98 Å². The van der Waals surface area contributed by atoms with E-state index in [1.54, 1.807) is 12.1 Å². The Morgan fingerprint density at radius 2 is 2.24 bits per heavy atom. The van der Waals surface area contributed by atoms with Crippen molar-refractivity contribution in [1.29, 1.82) is 0 Å². The Morgan fingerprint density at radius 3 is 2.94 bits per heavy atom. The molecule has 0 saturated carbocycles. The highest BCUT2D eigenvalue weighted by Gasteiger charge is 2.06. The second-order valence-corrected chi connectivity index (χ2v) is 4.16. The molecule has 0 bridgehead atoms. The van der Waals surface area contributed by atoms with Gasteiger partial charge >= 0.3 is 5.97 Å². The second kappa shape index (κ2) is 4.59. The van der Waals surface area contributed by atoms with E-state index in [0.717, 1.165) is 22.3 Å². The number of halogens is 1. The highest BCUT2D eigenvalue weighted by atomic mass is 35.5. The van der Waals surface area contributed by atoms with E-state index in [4.69, 9.17) is 16.7 Å². The van der Waals surface area contributed by atoms with Gasteiger partial charge in [0.1, 0.15) is 6.54 Å². The summed E-state index contributed by atoms with van der Waals surface area (Å²) in [6.45, 7) is 1.73. The monoisotopic (exact) mass is 250 g/mol. The number of nitrogens with one attached hydrogen (secondary N) is 1. The molecule has 1 heterocycles. The fraction of sp³-hybridized carbons (Fsp3) is 0.167. The van der Waals surface area contributed by atoms with Crippen molar-refractivity contribution >= 4 is 34.2 Å². The molecular formula is C12H11ClN2O2. The first-order valence-corrected chi connectivity index (χ1v) is 5.46. The second-order valence-electron chi connectivity index (χ2n) is 3.72. The van der Waals surface area contributed by atoms with Crippen LogP contribution in [0.3, 0.4) is 0 Å². The number of nitrogens with zero attached hydrogens (tertiary/aromatic N) is 1. The molecule has 0 radical (unpaired) electrons. The fourth-order valence-corrected chi connectivity index (χ4v) is 1.82. The summed E-state index contributed by atoms with van der Waals surface area (Å²) >= 11 is 5.92. The van der Waals surface area contributed by atoms with Gasteiger partial charge in [0.25, 0.3) is 0 Å². The third-order valence-corrected chi connectivity index (χ3v) is 2.56. The van der Waals surface area contributed by atoms with Crippen LogP contribution in [0.2, 0.25) is 5.02 Å². The molecule has 0 atom stereocenters. The standard InChI is InChI=1S/C12H11ClN2O2/c1-7-4-11(14-6-12(16)17)9-5-8(13)2-3-10(9)15-7/h2-5H,6H2,1H3,(H,14,15)(H,16,17). The number of pyridine rings is 1. The Balaban J connectivity index is 2.51. The van der Waals surface area contributed by atoms with Crippen LogP contribution in [0.5, 0.6) is 0 Å². The zero-order valence-corrected chi connectivity index (χ0v) is 9.95. The zero-order chi connectivity index (χ0) is 12.4. The highest BCUT2D eigenvalue weighted by molar-refractivity contribution is 6.31. The number of benzene rings is 1. The molecule has 88 valence electrons. The lowest BCUT2D eigenvalue weighted by Gasteiger charge is -2.09. The van der Waals surface area contributed by atoms with Crippen LogP contribution < -0.4 is 5.32 Å². The van der Waals surface area contributed by atoms with Gasteiger partial charge in [0.05, 0.1) is 5.52 Å². The predicted molar refractivity (Wildman–Crippen MR) is 67.6 cm³/mol. The Labute approximate surface area is 103 Å². The highest BCUT2D eigenvalue weighted by Crippen LogP contribution is 2.25. The van der Waals surface area contributed by atoms with Crippen molar-refractivity contribution in [3.05, 3.63) is 35.0 Å². The van der Waals surface area contributed by atoms with Gasteiger partial charge < -0.3 is 10.4 Å². The molecule has 0 spiro atoms. The summed E-state index contributed by atoms with van der Waals surface area (Å²) in [5, 5.41) is 12.9. The molecule has 2 rings (SSSR count). The molecule has 1 aromatic carbocycles. The summed E-state index contributed by atoms with van der Waals surface area (Å²) in [5.74, 6) is -0.908. The molecule has 0 unspecified atom stereocenters. The molecule has 4 nitrogen and oxygen atoms in total. The number of aryl methyl sites for hydroxylation is 1. The number of fused-ring (bicyclic) bond motifs is 1. The number of anilines is 1. The maximum absolute atomic E-state index is 10.6. The molecule has 0 amide bonds. The Kier molecular flexibility index (Phi) is 3.15. The Bertz CT molecular complexity index is 584. The van der Waals surface area contributed by atoms with Crippen LogP contribution >= 0.6 is 11.6 Å². The molecule has 1 aromatic heterocycles. The van der Waals surface area contributed by atoms with Gasteiger partial charge in [-0.05, 0) is 31.2 Å². The molecule has 2 N–H and O–H groups in total. The fourth-order valence-electron chi connectivity index (χ4n) is 1.65. The van der Waals surface area contributed by atoms with Crippen molar-refractivity contribution in [2.24, 2.45) is 0 Å². The summed E-state index contributed by atoms with van der Waals surface area (Å²) in [5.41, 5.74) is 2.35. The molecule has 2 aromatic rings. The number of rotatable bonds is 3. The SMILES string of the molecule is Cc1cc(NCC(=O)O)c2cc(Cl)ccc2n1. The van der Waals surface area contributed by atoms with E-state index < -0.39 is 5.97 Å². The lowest BCUT2D eigenvalue weighted by Crippen LogP contribution is -2.12. The van der Waals surface area contributed by atoms with E-state index in [1.807, 2.05) is 19.1 Å². The summed E-state index contributed by atoms with van der Waals surface area (Å²) < 4.78 is 0. The normalized spacial score (nSPS) is 10.5. The predicted octanol–water partition coefficient (Wildman–Crippen LogP) is 2.69. The van der Waals surface area contributed by atoms with Crippen molar-refractivity contribution in [3.63, 3.8) is 0 Å². The van der Waals surface area contributed by atoms with Gasteiger partial charge in [-0.15, -0.1) is 0 Å². The number of hydrogen-bond donors (Lipinski definition) is 2. The largest absolute Gasteiger partial charge is 0.480 e. The minimum atomic E-state index is -0.908. The molecule has 17 heavy (non-hydrogen) atoms. The molecule has 0 saturated heterocycles. The van der Waals surface area contributed by atoms with E-state index in [9.17, 15) is 4.79 Å². The first-order chi connectivity index (χ1) is 8.06. The van der Waals surface area contributed by atoms with Gasteiger partial charge in [-0.1, -0.05) is 11.6 Å². The van der Waals surface area contributed by atoms with Crippen molar-refractivity contribution in [2.45, 2.75) is 6.92 Å². The molecular weight excluding hydrogens is 240 g/mol. The van der Waals surface area contributed by atoms with E-state index in [1.165, 1.54) is 0 Å². The number of carbonyl (C=O) groups is 1. The molecule has 0 aliphatic heterocycles. The van der Waals surface area contributed by atoms with Gasteiger partial charge in [0.2, 0.25) is 0 Å². The molecule has 5 heteroatoms. The van der Waals surface area contributed by atoms with Gasteiger partial charge in [0, 0.05) is 21.8 Å². The number of carboxylic acids is 1. The molecule has 0 aliphatic rings. The lowest BCUT2D eigenvalue weighted by atomic mass is 10.1. The van der Waals surface area contributed by atoms with Crippen molar-refractivity contribution in [3.8, 4) is 0 Å². The summed E-state index contributed by atoms with van der Waals surface area (Å²) in [6, 6.07) is 7.16. The first-order valence-electron chi connectivity index (χ1n) is 5.09. The smallest absolute Gasteiger partial charge is 0.322 e. The van der Waals surface area contributed by atoms with Crippen LogP contribution in [0.15, 0.2) is 24.3 Å². The van der Waals surface area contributed by atoms with E-state index in [-0.39, 0.29) is 6.54 Å². The average molecular weight is 251 g/mol. The maximum atomic E-state index is 10.6. The van der Waals surface area contributed by atoms with Crippen LogP contribution in [0.1, 0.15) is 5.69 Å². The number of aromatic nitrogens is 1. The Morgan fingerprint density at radius 1 is 1.47 bits per heavy atom. The van der Waals surface area contributed by atoms with Crippen LogP contribution in [-0.4, -0.2) is 22.6 Å². The minimum Gasteiger partial charge on any atom is -0.480 e. The van der Waals surface area contributed by atoms with Crippen LogP contribution in [0.4, 0.5) is 5.69 Å². The van der Waals surface area contributed by atoms with Crippen LogP contribution in [0, 0.1) is 6.92 Å². The lowest BCUT2D eigenvalue weighted by molar-refractivity contribution is -0.134. The topological polar surface area (TPSA) is 62.2 Å². The number of aliphatic carboxylic acids is 1. The van der Waals surface area contributed by atoms with E-state index >= 15 is 0 Å². The van der Waals surface area contributed by atoms with Gasteiger partial charge in [0.15, 0.2) is 0 Å².